The lowest BCUT2D eigenvalue weighted by Gasteiger charge is -2.30. The van der Waals surface area contributed by atoms with Crippen LogP contribution in [0.3, 0.4) is 0 Å². The molecule has 5 N–H and O–H groups in total. The fourth-order valence-corrected chi connectivity index (χ4v) is 3.06. The van der Waals surface area contributed by atoms with E-state index in [2.05, 4.69) is 15.3 Å². The third kappa shape index (κ3) is 4.50. The van der Waals surface area contributed by atoms with Crippen LogP contribution in [0.1, 0.15) is 15.9 Å². The number of carbonyl (C=O) groups excluding carboxylic acids is 2. The van der Waals surface area contributed by atoms with Crippen LogP contribution in [-0.2, 0) is 4.79 Å². The number of nitrogen functional groups attached to an aromatic ring is 1. The van der Waals surface area contributed by atoms with Gasteiger partial charge in [0.1, 0.15) is 23.8 Å². The van der Waals surface area contributed by atoms with E-state index in [1.54, 1.807) is 38.4 Å². The number of carbonyl (C=O) groups is 2. The number of hydrogen-bond donors (Lipinski definition) is 4. The van der Waals surface area contributed by atoms with Gasteiger partial charge in [0.25, 0.3) is 5.91 Å². The lowest BCUT2D eigenvalue weighted by Crippen LogP contribution is -2.50. The Balaban J connectivity index is 1.70. The molecule has 2 amide bonds. The maximum Gasteiger partial charge on any atom is 0.338 e. The van der Waals surface area contributed by atoms with Gasteiger partial charge in [-0.05, 0) is 36.4 Å². The van der Waals surface area contributed by atoms with Crippen LogP contribution in [0.4, 0.5) is 0 Å². The standard InChI is InChI=1S/C22H21N7O5/c1-28(2)21(32)13-4-3-5-14(8-13)33-22-26-10-15-20(25-11-18(31)27-15)29(22)34-17-9-12(19(23)24)6-7-16(17)30/h3-10,30H,11H2,1-2H3,(H3,23,24)(H,27,31). The average molecular weight is 463 g/mol. The first-order valence-electron chi connectivity index (χ1n) is 10.0. The minimum Gasteiger partial charge on any atom is -0.504 e. The minimum absolute atomic E-state index is 0.0543. The number of ether oxygens (including phenoxy) is 1. The number of amidine groups is 3. The molecule has 0 fully saturated rings. The number of rotatable bonds is 5. The molecule has 0 saturated carbocycles. The van der Waals surface area contributed by atoms with Crippen molar-refractivity contribution in [3.63, 3.8) is 0 Å². The zero-order chi connectivity index (χ0) is 24.4. The highest BCUT2D eigenvalue weighted by molar-refractivity contribution is 6.12. The second-order valence-corrected chi connectivity index (χ2v) is 7.45. The summed E-state index contributed by atoms with van der Waals surface area (Å²) in [6, 6.07) is 10.5. The Morgan fingerprint density at radius 2 is 2.03 bits per heavy atom. The van der Waals surface area contributed by atoms with E-state index >= 15 is 0 Å². The molecule has 34 heavy (non-hydrogen) atoms. The van der Waals surface area contributed by atoms with Crippen LogP contribution in [0.5, 0.6) is 17.2 Å². The van der Waals surface area contributed by atoms with Crippen molar-refractivity contribution in [3.05, 3.63) is 65.5 Å². The number of hydroxylamine groups is 2. The van der Waals surface area contributed by atoms with E-state index in [0.29, 0.717) is 16.9 Å². The molecule has 0 aromatic heterocycles. The number of nitrogens with zero attached hydrogens (tertiary/aromatic N) is 4. The molecule has 2 heterocycles. The van der Waals surface area contributed by atoms with Crippen molar-refractivity contribution in [2.75, 3.05) is 20.6 Å². The van der Waals surface area contributed by atoms with E-state index in [0.717, 1.165) is 5.06 Å². The van der Waals surface area contributed by atoms with Crippen molar-refractivity contribution >= 4 is 29.5 Å². The molecule has 0 unspecified atom stereocenters. The molecule has 2 aliphatic rings. The summed E-state index contributed by atoms with van der Waals surface area (Å²) < 4.78 is 5.90. The number of benzene rings is 2. The number of nitrogens with one attached hydrogen (secondary N) is 2. The Hall–Kier alpha value is -4.87. The summed E-state index contributed by atoms with van der Waals surface area (Å²) >= 11 is 0. The first-order chi connectivity index (χ1) is 16.2. The summed E-state index contributed by atoms with van der Waals surface area (Å²) in [6.45, 7) is -0.161. The van der Waals surface area contributed by atoms with Gasteiger partial charge in [-0.15, -0.1) is 5.06 Å². The molecule has 0 aliphatic carbocycles. The number of amides is 2. The Morgan fingerprint density at radius 1 is 1.24 bits per heavy atom. The highest BCUT2D eigenvalue weighted by Crippen LogP contribution is 2.29. The van der Waals surface area contributed by atoms with Gasteiger partial charge in [-0.25, -0.2) is 0 Å². The SMILES string of the molecule is CN(C)C(=O)c1cccc(OC2=NC=C3NC(=O)CN=C3N2Oc2cc(C(=N)N)ccc2O)c1. The van der Waals surface area contributed by atoms with Crippen molar-refractivity contribution in [1.82, 2.24) is 15.3 Å². The maximum atomic E-state index is 12.3. The van der Waals surface area contributed by atoms with Gasteiger partial charge in [-0.1, -0.05) is 6.07 Å². The van der Waals surface area contributed by atoms with Crippen molar-refractivity contribution in [1.29, 1.82) is 5.41 Å². The van der Waals surface area contributed by atoms with E-state index in [1.807, 2.05) is 0 Å². The summed E-state index contributed by atoms with van der Waals surface area (Å²) in [5.74, 6) is -0.584. The summed E-state index contributed by atoms with van der Waals surface area (Å²) in [6.07, 6.45) is 1.35. The lowest BCUT2D eigenvalue weighted by atomic mass is 10.2. The first-order valence-corrected chi connectivity index (χ1v) is 10.0. The third-order valence-electron chi connectivity index (χ3n) is 4.71. The van der Waals surface area contributed by atoms with Crippen LogP contribution in [-0.4, -0.2) is 65.2 Å². The van der Waals surface area contributed by atoms with E-state index in [4.69, 9.17) is 20.7 Å². The van der Waals surface area contributed by atoms with Gasteiger partial charge in [0.05, 0.1) is 6.20 Å². The summed E-state index contributed by atoms with van der Waals surface area (Å²) in [4.78, 5) is 39.8. The zero-order valence-corrected chi connectivity index (χ0v) is 18.3. The molecule has 12 heteroatoms. The van der Waals surface area contributed by atoms with Gasteiger partial charge in [-0.2, -0.15) is 4.99 Å². The summed E-state index contributed by atoms with van der Waals surface area (Å²) in [7, 11) is 3.28. The minimum atomic E-state index is -0.328. The first kappa shape index (κ1) is 22.3. The Bertz CT molecular complexity index is 1280. The molecule has 0 bridgehead atoms. The van der Waals surface area contributed by atoms with Gasteiger partial charge in [0.2, 0.25) is 5.91 Å². The van der Waals surface area contributed by atoms with E-state index in [9.17, 15) is 14.7 Å². The number of aromatic hydroxyl groups is 1. The molecule has 0 saturated heterocycles. The molecule has 12 nitrogen and oxygen atoms in total. The fraction of sp³-hybridized carbons (Fsp3) is 0.136. The Kier molecular flexibility index (Phi) is 5.87. The van der Waals surface area contributed by atoms with E-state index < -0.39 is 0 Å². The molecule has 0 radical (unpaired) electrons. The van der Waals surface area contributed by atoms with Crippen LogP contribution in [0.15, 0.2) is 64.3 Å². The van der Waals surface area contributed by atoms with Crippen molar-refractivity contribution < 1.29 is 24.3 Å². The molecule has 4 rings (SSSR count). The molecule has 0 spiro atoms. The number of fused-ring (bicyclic) bond motifs is 1. The molecular weight excluding hydrogens is 442 g/mol. The van der Waals surface area contributed by atoms with E-state index in [1.165, 1.54) is 29.3 Å². The van der Waals surface area contributed by atoms with Crippen molar-refractivity contribution in [2.45, 2.75) is 0 Å². The molecule has 2 aromatic rings. The second kappa shape index (κ2) is 8.94. The van der Waals surface area contributed by atoms with E-state index in [-0.39, 0.29) is 53.2 Å². The van der Waals surface area contributed by atoms with Crippen LogP contribution in [0, 0.1) is 5.41 Å². The number of hydrogen-bond acceptors (Lipinski definition) is 9. The topological polar surface area (TPSA) is 166 Å². The molecule has 2 aliphatic heterocycles. The molecule has 2 aromatic carbocycles. The maximum absolute atomic E-state index is 12.3. The third-order valence-corrected chi connectivity index (χ3v) is 4.71. The molecule has 174 valence electrons. The number of nitrogens with two attached hydrogens (primary N) is 1. The Labute approximate surface area is 194 Å². The molecular formula is C22H21N7O5. The van der Waals surface area contributed by atoms with Gasteiger partial charge >= 0.3 is 6.02 Å². The van der Waals surface area contributed by atoms with Crippen LogP contribution >= 0.6 is 0 Å². The quantitative estimate of drug-likeness (QED) is 0.376. The Morgan fingerprint density at radius 3 is 2.76 bits per heavy atom. The molecule has 0 atom stereocenters. The van der Waals surface area contributed by atoms with Gasteiger partial charge in [-0.3, -0.25) is 20.0 Å². The second-order valence-electron chi connectivity index (χ2n) is 7.45. The predicted molar refractivity (Wildman–Crippen MR) is 123 cm³/mol. The van der Waals surface area contributed by atoms with Crippen LogP contribution < -0.4 is 20.6 Å². The van der Waals surface area contributed by atoms with Gasteiger partial charge in [0, 0.05) is 25.2 Å². The lowest BCUT2D eigenvalue weighted by molar-refractivity contribution is -0.119. The zero-order valence-electron chi connectivity index (χ0n) is 18.3. The van der Waals surface area contributed by atoms with Crippen LogP contribution in [0.25, 0.3) is 0 Å². The fourth-order valence-electron chi connectivity index (χ4n) is 3.06. The van der Waals surface area contributed by atoms with Crippen molar-refractivity contribution in [3.8, 4) is 17.2 Å². The summed E-state index contributed by atoms with van der Waals surface area (Å²) in [5, 5.41) is 21.7. The number of phenols is 1. The summed E-state index contributed by atoms with van der Waals surface area (Å²) in [5.41, 5.74) is 6.53. The predicted octanol–water partition coefficient (Wildman–Crippen LogP) is 0.792. The number of aliphatic imine (C=N–C) groups is 2. The average Bonchev–Trinajstić information content (AvgIpc) is 2.81. The van der Waals surface area contributed by atoms with Crippen LogP contribution in [0.2, 0.25) is 0 Å². The monoisotopic (exact) mass is 463 g/mol. The van der Waals surface area contributed by atoms with Gasteiger partial charge in [0.15, 0.2) is 17.3 Å². The van der Waals surface area contributed by atoms with Gasteiger partial charge < -0.3 is 30.6 Å². The van der Waals surface area contributed by atoms with Crippen molar-refractivity contribution in [2.24, 2.45) is 15.7 Å². The highest BCUT2D eigenvalue weighted by atomic mass is 16.7. The largest absolute Gasteiger partial charge is 0.504 e. The highest BCUT2D eigenvalue weighted by Gasteiger charge is 2.33. The smallest absolute Gasteiger partial charge is 0.338 e. The number of phenolic OH excluding ortho intramolecular Hbond substituents is 1. The normalized spacial score (nSPS) is 14.7.